The molecule has 0 unspecified atom stereocenters. The molecule has 0 aliphatic rings. The second-order valence-corrected chi connectivity index (χ2v) is 4.45. The molecule has 0 amide bonds. The van der Waals surface area contributed by atoms with Crippen molar-refractivity contribution in [2.24, 2.45) is 4.99 Å². The highest BCUT2D eigenvalue weighted by Gasteiger charge is 2.02. The van der Waals surface area contributed by atoms with Gasteiger partial charge in [-0.15, -0.1) is 5.10 Å². The number of rotatable bonds is 1. The molecule has 0 aliphatic carbocycles. The first-order valence-electron chi connectivity index (χ1n) is 6.58. The Morgan fingerprint density at radius 1 is 1.21 bits per heavy atom. The van der Waals surface area contributed by atoms with Crippen LogP contribution in [0.25, 0.3) is 0 Å². The molecule has 0 radical (unpaired) electrons. The van der Waals surface area contributed by atoms with Crippen molar-refractivity contribution in [1.29, 1.82) is 0 Å². The molecule has 4 heteroatoms. The average molecular weight is 258 g/mol. The van der Waals surface area contributed by atoms with Crippen molar-refractivity contribution in [1.82, 2.24) is 15.0 Å². The molecular weight excluding hydrogens is 236 g/mol. The molecule has 19 heavy (non-hydrogen) atoms. The Hall–Kier alpha value is -1.97. The first-order valence-corrected chi connectivity index (χ1v) is 6.58. The van der Waals surface area contributed by atoms with E-state index in [2.05, 4.69) is 55.1 Å². The van der Waals surface area contributed by atoms with Gasteiger partial charge in [-0.25, -0.2) is 9.67 Å². The van der Waals surface area contributed by atoms with E-state index in [1.54, 1.807) is 17.1 Å². The van der Waals surface area contributed by atoms with E-state index in [1.807, 2.05) is 13.0 Å². The number of hydrogen-bond donors (Lipinski definition) is 0. The van der Waals surface area contributed by atoms with E-state index in [0.29, 0.717) is 0 Å². The summed E-state index contributed by atoms with van der Waals surface area (Å²) in [4.78, 5) is 4.58. The van der Waals surface area contributed by atoms with Crippen molar-refractivity contribution in [3.05, 3.63) is 41.7 Å². The van der Waals surface area contributed by atoms with Gasteiger partial charge in [0.05, 0.1) is 18.1 Å². The molecule has 2 rings (SSSR count). The standard InChI is InChI=1S/C12H14N4.C3H8/c1-9-5-4-6-10(2)12(9)14-11(3)16-8-7-13-15-16;1-3-2/h4-8H,1-3H3;3H2,1-2H3. The number of aromatic nitrogens is 3. The van der Waals surface area contributed by atoms with E-state index in [-0.39, 0.29) is 0 Å². The summed E-state index contributed by atoms with van der Waals surface area (Å²) < 4.78 is 1.66. The van der Waals surface area contributed by atoms with Gasteiger partial charge in [-0.05, 0) is 31.9 Å². The lowest BCUT2D eigenvalue weighted by molar-refractivity contribution is 0.837. The summed E-state index contributed by atoms with van der Waals surface area (Å²) in [5, 5.41) is 7.67. The molecule has 0 N–H and O–H groups in total. The average Bonchev–Trinajstić information content (AvgIpc) is 2.88. The van der Waals surface area contributed by atoms with E-state index < -0.39 is 0 Å². The summed E-state index contributed by atoms with van der Waals surface area (Å²) >= 11 is 0. The highest BCUT2D eigenvalue weighted by atomic mass is 15.4. The number of benzene rings is 1. The van der Waals surface area contributed by atoms with Crippen LogP contribution in [0.4, 0.5) is 5.69 Å². The summed E-state index contributed by atoms with van der Waals surface area (Å²) in [5.74, 6) is 0.815. The maximum absolute atomic E-state index is 4.58. The van der Waals surface area contributed by atoms with Crippen LogP contribution in [0.15, 0.2) is 35.6 Å². The lowest BCUT2D eigenvalue weighted by atomic mass is 10.1. The zero-order valence-corrected chi connectivity index (χ0v) is 12.4. The lowest BCUT2D eigenvalue weighted by Crippen LogP contribution is -2.07. The van der Waals surface area contributed by atoms with Gasteiger partial charge in [-0.1, -0.05) is 43.7 Å². The molecule has 0 saturated heterocycles. The van der Waals surface area contributed by atoms with Gasteiger partial charge < -0.3 is 0 Å². The van der Waals surface area contributed by atoms with Gasteiger partial charge in [0, 0.05) is 0 Å². The van der Waals surface area contributed by atoms with Crippen LogP contribution in [0.5, 0.6) is 0 Å². The van der Waals surface area contributed by atoms with Gasteiger partial charge in [0.2, 0.25) is 0 Å². The van der Waals surface area contributed by atoms with Crippen molar-refractivity contribution in [3.8, 4) is 0 Å². The quantitative estimate of drug-likeness (QED) is 0.575. The Bertz CT molecular complexity index is 507. The Morgan fingerprint density at radius 2 is 1.79 bits per heavy atom. The highest BCUT2D eigenvalue weighted by molar-refractivity contribution is 5.84. The molecular formula is C15H22N4. The molecule has 0 aliphatic heterocycles. The minimum absolute atomic E-state index is 0.815. The molecule has 1 aromatic heterocycles. The van der Waals surface area contributed by atoms with Crippen molar-refractivity contribution in [2.45, 2.75) is 41.0 Å². The fourth-order valence-electron chi connectivity index (χ4n) is 1.58. The van der Waals surface area contributed by atoms with Crippen molar-refractivity contribution >= 4 is 11.5 Å². The molecule has 0 saturated carbocycles. The van der Waals surface area contributed by atoms with Crippen LogP contribution < -0.4 is 0 Å². The van der Waals surface area contributed by atoms with Crippen molar-refractivity contribution in [2.75, 3.05) is 0 Å². The number of para-hydroxylation sites is 1. The second kappa shape index (κ2) is 7.46. The molecule has 4 nitrogen and oxygen atoms in total. The summed E-state index contributed by atoms with van der Waals surface area (Å²) in [7, 11) is 0. The summed E-state index contributed by atoms with van der Waals surface area (Å²) in [6.07, 6.45) is 4.68. The van der Waals surface area contributed by atoms with Gasteiger partial charge in [0.25, 0.3) is 0 Å². The fraction of sp³-hybridized carbons (Fsp3) is 0.400. The predicted octanol–water partition coefficient (Wildman–Crippen LogP) is 3.91. The van der Waals surface area contributed by atoms with E-state index in [4.69, 9.17) is 0 Å². The monoisotopic (exact) mass is 258 g/mol. The molecule has 2 aromatic rings. The van der Waals surface area contributed by atoms with Crippen LogP contribution in [0.3, 0.4) is 0 Å². The SMILES string of the molecule is CC(=Nc1c(C)cccc1C)n1ccnn1.CCC. The largest absolute Gasteiger partial charge is 0.233 e. The molecule has 0 bridgehead atoms. The maximum atomic E-state index is 4.58. The van der Waals surface area contributed by atoms with Crippen molar-refractivity contribution in [3.63, 3.8) is 0 Å². The van der Waals surface area contributed by atoms with E-state index in [9.17, 15) is 0 Å². The van der Waals surface area contributed by atoms with Crippen LogP contribution in [0.2, 0.25) is 0 Å². The fourth-order valence-corrected chi connectivity index (χ4v) is 1.58. The zero-order chi connectivity index (χ0) is 14.3. The van der Waals surface area contributed by atoms with Gasteiger partial charge >= 0.3 is 0 Å². The van der Waals surface area contributed by atoms with Crippen molar-refractivity contribution < 1.29 is 0 Å². The predicted molar refractivity (Wildman–Crippen MR) is 80.1 cm³/mol. The van der Waals surface area contributed by atoms with Crippen LogP contribution in [0.1, 0.15) is 38.3 Å². The van der Waals surface area contributed by atoms with E-state index >= 15 is 0 Å². The second-order valence-electron chi connectivity index (χ2n) is 4.45. The Kier molecular flexibility index (Phi) is 5.93. The first-order chi connectivity index (χ1) is 9.10. The third kappa shape index (κ3) is 4.32. The minimum atomic E-state index is 0.815. The topological polar surface area (TPSA) is 43.1 Å². The minimum Gasteiger partial charge on any atom is -0.233 e. The van der Waals surface area contributed by atoms with Crippen LogP contribution in [-0.2, 0) is 0 Å². The van der Waals surface area contributed by atoms with Gasteiger partial charge in [-0.2, -0.15) is 0 Å². The maximum Gasteiger partial charge on any atom is 0.129 e. The molecule has 1 heterocycles. The van der Waals surface area contributed by atoms with Gasteiger partial charge in [0.15, 0.2) is 0 Å². The van der Waals surface area contributed by atoms with Gasteiger partial charge in [-0.3, -0.25) is 0 Å². The normalized spacial score (nSPS) is 10.9. The lowest BCUT2D eigenvalue weighted by Gasteiger charge is -2.05. The van der Waals surface area contributed by atoms with E-state index in [1.165, 1.54) is 17.5 Å². The third-order valence-electron chi connectivity index (χ3n) is 2.47. The summed E-state index contributed by atoms with van der Waals surface area (Å²) in [5.41, 5.74) is 3.34. The number of aryl methyl sites for hydroxylation is 2. The van der Waals surface area contributed by atoms with Crippen LogP contribution >= 0.6 is 0 Å². The first kappa shape index (κ1) is 15.1. The molecule has 102 valence electrons. The van der Waals surface area contributed by atoms with Crippen LogP contribution in [0, 0.1) is 13.8 Å². The molecule has 0 atom stereocenters. The number of aliphatic imine (C=N–C) groups is 1. The molecule has 0 spiro atoms. The molecule has 0 fully saturated rings. The van der Waals surface area contributed by atoms with Gasteiger partial charge in [0.1, 0.15) is 5.84 Å². The Labute approximate surface area is 115 Å². The van der Waals surface area contributed by atoms with Crippen LogP contribution in [-0.4, -0.2) is 20.8 Å². The summed E-state index contributed by atoms with van der Waals surface area (Å²) in [6.45, 7) is 10.3. The highest BCUT2D eigenvalue weighted by Crippen LogP contribution is 2.23. The number of nitrogens with zero attached hydrogens (tertiary/aromatic N) is 4. The third-order valence-corrected chi connectivity index (χ3v) is 2.47. The number of hydrogen-bond acceptors (Lipinski definition) is 3. The Morgan fingerprint density at radius 3 is 2.26 bits per heavy atom. The molecule has 1 aromatic carbocycles. The smallest absolute Gasteiger partial charge is 0.129 e. The van der Waals surface area contributed by atoms with E-state index in [0.717, 1.165) is 11.5 Å². The zero-order valence-electron chi connectivity index (χ0n) is 12.4. The summed E-state index contributed by atoms with van der Waals surface area (Å²) in [6, 6.07) is 6.15. The Balaban J connectivity index is 0.000000550.